The number of aromatic amines is 2. The molecule has 12 rings (SSSR count). The molecule has 0 saturated heterocycles. The van der Waals surface area contributed by atoms with E-state index in [1.807, 2.05) is 172 Å². The maximum Gasteiger partial charge on any atom is 0.260 e. The van der Waals surface area contributed by atoms with E-state index in [-0.39, 0.29) is 37.5 Å². The third-order valence-electron chi connectivity index (χ3n) is 14.4. The molecule has 9 aromatic rings. The van der Waals surface area contributed by atoms with Gasteiger partial charge in [-0.3, -0.25) is 28.6 Å². The SMILES string of the molecule is CC[n+]1[nH]c2c(c1-c1ccccc1)CN(C(=O)COc1ccccc1)CC2.CCn1nc(-c2ccccc2)c2c1CCN(C(=O)COc1ccccc1)C2.O=C(COc1ccccc1)N1CCc2[nH]nc(-c3ccccc3)c2C1.[2H]CF. The summed E-state index contributed by atoms with van der Waals surface area (Å²) in [5.41, 5.74) is 13.5. The van der Waals surface area contributed by atoms with Crippen LogP contribution in [0.4, 0.5) is 4.39 Å². The number of hydrogen-bond acceptors (Lipinski definition) is 8. The van der Waals surface area contributed by atoms with Crippen LogP contribution in [0, 0.1) is 0 Å². The predicted octanol–water partition coefficient (Wildman–Crippen LogP) is 10.1. The first-order chi connectivity index (χ1) is 40.2. The third-order valence-corrected chi connectivity index (χ3v) is 14.4. The van der Waals surface area contributed by atoms with Crippen molar-refractivity contribution < 1.29 is 39.0 Å². The standard InChI is InChI=1S/2C22H23N3O2.C20H19N3O2.CH3F/c1-2-25-20-13-14-24(21(26)16-27-18-11-7-4-8-12-18)15-19(20)22(23-25)17-9-5-3-6-10-17;1-2-25-22(17-9-5-3-6-10-17)19-15-24(14-13-20(19)23-25)21(26)16-27-18-11-7-4-8-12-18;24-19(14-25-16-9-5-2-6-10-16)23-12-11-18-17(13-23)20(22-21-18)15-7-3-1-4-8-15;1-2/h2*3-12H,2,13-16H2,1H3;1-10H,11-14H2,(H,21,22);1H3/p+1/i;;;1D. The van der Waals surface area contributed by atoms with Gasteiger partial charge in [0.1, 0.15) is 17.2 Å². The fraction of sp³-hybridized carbons (Fsp3) is 0.262. The normalized spacial score (nSPS) is 13.2. The summed E-state index contributed by atoms with van der Waals surface area (Å²) in [5.74, 6) is 2.17. The van der Waals surface area contributed by atoms with Crippen molar-refractivity contribution in [1.82, 2.24) is 39.8 Å². The van der Waals surface area contributed by atoms with Crippen molar-refractivity contribution in [3.8, 4) is 51.0 Å². The number of carbonyl (C=O) groups is 3. The summed E-state index contributed by atoms with van der Waals surface area (Å²) in [6.45, 7) is 9.95. The molecule has 15 nitrogen and oxygen atoms in total. The Hall–Kier alpha value is -9.31. The van der Waals surface area contributed by atoms with Crippen LogP contribution >= 0.6 is 0 Å². The molecule has 0 atom stereocenters. The summed E-state index contributed by atoms with van der Waals surface area (Å²) < 4.78 is 36.6. The number of hydrogen-bond donors (Lipinski definition) is 2. The highest BCUT2D eigenvalue weighted by Gasteiger charge is 2.33. The maximum atomic E-state index is 12.7. The average molecular weight is 1090 g/mol. The molecule has 0 saturated carbocycles. The zero-order chi connectivity index (χ0) is 57.0. The highest BCUT2D eigenvalue weighted by Crippen LogP contribution is 2.32. The molecule has 416 valence electrons. The fourth-order valence-electron chi connectivity index (χ4n) is 10.3. The molecule has 0 bridgehead atoms. The Morgan fingerprint density at radius 1 is 0.531 bits per heavy atom. The second-order valence-electron chi connectivity index (χ2n) is 19.4. The van der Waals surface area contributed by atoms with E-state index >= 15 is 0 Å². The summed E-state index contributed by atoms with van der Waals surface area (Å²) in [6.07, 6.45) is 2.44. The minimum atomic E-state index is -1.00. The van der Waals surface area contributed by atoms with E-state index < -0.39 is 7.15 Å². The molecule has 0 fully saturated rings. The van der Waals surface area contributed by atoms with Crippen molar-refractivity contribution in [2.75, 3.05) is 46.6 Å². The molecule has 81 heavy (non-hydrogen) atoms. The van der Waals surface area contributed by atoms with Crippen LogP contribution in [-0.2, 0) is 66.4 Å². The first-order valence-corrected chi connectivity index (χ1v) is 27.4. The molecule has 6 aromatic carbocycles. The number of para-hydroxylation sites is 3. The van der Waals surface area contributed by atoms with Crippen molar-refractivity contribution in [2.24, 2.45) is 0 Å². The van der Waals surface area contributed by atoms with Crippen molar-refractivity contribution >= 4 is 17.7 Å². The predicted molar refractivity (Wildman–Crippen MR) is 310 cm³/mol. The number of amides is 3. The number of alkyl halides is 1. The molecule has 3 amide bonds. The van der Waals surface area contributed by atoms with E-state index in [0.29, 0.717) is 50.8 Å². The number of benzene rings is 6. The van der Waals surface area contributed by atoms with E-state index in [4.69, 9.17) is 20.7 Å². The number of halogens is 1. The van der Waals surface area contributed by atoms with Gasteiger partial charge in [-0.25, -0.2) is 0 Å². The first kappa shape index (κ1) is 55.0. The summed E-state index contributed by atoms with van der Waals surface area (Å²) in [6, 6.07) is 58.9. The number of carbonyl (C=O) groups excluding carboxylic acids is 3. The molecule has 3 aromatic heterocycles. The quantitative estimate of drug-likeness (QED) is 0.102. The van der Waals surface area contributed by atoms with Crippen LogP contribution in [0.2, 0.25) is 0 Å². The molecule has 0 aliphatic carbocycles. The molecule has 0 spiro atoms. The largest absolute Gasteiger partial charge is 0.484 e. The minimum Gasteiger partial charge on any atom is -0.484 e. The minimum absolute atomic E-state index is 0.00489. The Labute approximate surface area is 473 Å². The van der Waals surface area contributed by atoms with Gasteiger partial charge in [-0.05, 0) is 62.4 Å². The lowest BCUT2D eigenvalue weighted by Crippen LogP contribution is -2.39. The number of nitrogens with zero attached hydrogens (tertiary/aromatic N) is 7. The van der Waals surface area contributed by atoms with Gasteiger partial charge in [-0.2, -0.15) is 15.3 Å². The number of aryl methyl sites for hydroxylation is 2. The van der Waals surface area contributed by atoms with E-state index in [2.05, 4.69) is 62.8 Å². The van der Waals surface area contributed by atoms with Crippen LogP contribution in [0.3, 0.4) is 0 Å². The second kappa shape index (κ2) is 28.0. The molecular formula is C65H69FN9O6+. The van der Waals surface area contributed by atoms with Crippen LogP contribution in [0.25, 0.3) is 33.8 Å². The number of rotatable bonds is 14. The Balaban J connectivity index is 0.000000145. The van der Waals surface area contributed by atoms with Crippen LogP contribution in [-0.4, -0.2) is 104 Å². The highest BCUT2D eigenvalue weighted by atomic mass is 19.1. The van der Waals surface area contributed by atoms with E-state index in [1.165, 1.54) is 28.2 Å². The molecule has 16 heteroatoms. The lowest BCUT2D eigenvalue weighted by Gasteiger charge is -2.28. The van der Waals surface area contributed by atoms with Gasteiger partial charge in [0.2, 0.25) is 5.69 Å². The Bertz CT molecular complexity index is 3400. The highest BCUT2D eigenvalue weighted by molar-refractivity contribution is 5.80. The number of H-pyrrole nitrogens is 2. The molecule has 0 radical (unpaired) electrons. The van der Waals surface area contributed by atoms with Gasteiger partial charge in [0.05, 0.1) is 37.7 Å². The second-order valence-corrected chi connectivity index (χ2v) is 19.4. The number of ether oxygens (including phenoxy) is 3. The van der Waals surface area contributed by atoms with Crippen LogP contribution in [0.5, 0.6) is 17.2 Å². The molecule has 6 heterocycles. The zero-order valence-corrected chi connectivity index (χ0v) is 45.9. The van der Waals surface area contributed by atoms with Gasteiger partial charge >= 0.3 is 0 Å². The number of fused-ring (bicyclic) bond motifs is 3. The lowest BCUT2D eigenvalue weighted by molar-refractivity contribution is -0.737. The maximum absolute atomic E-state index is 12.7. The van der Waals surface area contributed by atoms with Crippen LogP contribution in [0.1, 0.15) is 49.0 Å². The molecule has 3 aliphatic rings. The van der Waals surface area contributed by atoms with E-state index in [9.17, 15) is 18.8 Å². The summed E-state index contributed by atoms with van der Waals surface area (Å²) in [7, 11) is -1.00. The van der Waals surface area contributed by atoms with Gasteiger partial charge in [-0.1, -0.05) is 133 Å². The van der Waals surface area contributed by atoms with Crippen molar-refractivity contribution in [3.05, 3.63) is 216 Å². The topological polar surface area (TPSA) is 155 Å². The van der Waals surface area contributed by atoms with E-state index in [0.717, 1.165) is 77.4 Å². The Morgan fingerprint density at radius 2 is 0.926 bits per heavy atom. The molecule has 0 unspecified atom stereocenters. The van der Waals surface area contributed by atoms with Gasteiger partial charge < -0.3 is 28.9 Å². The van der Waals surface area contributed by atoms with Crippen LogP contribution < -0.4 is 18.9 Å². The molecular weight excluding hydrogens is 1020 g/mol. The molecule has 2 N–H and O–H groups in total. The summed E-state index contributed by atoms with van der Waals surface area (Å²) in [5, 5.41) is 15.9. The van der Waals surface area contributed by atoms with Gasteiger partial charge in [-0.15, -0.1) is 4.68 Å². The monoisotopic (exact) mass is 1090 g/mol. The van der Waals surface area contributed by atoms with Crippen LogP contribution in [0.15, 0.2) is 182 Å². The Morgan fingerprint density at radius 3 is 1.38 bits per heavy atom. The van der Waals surface area contributed by atoms with Gasteiger partial charge in [0.15, 0.2) is 26.4 Å². The number of aromatic nitrogens is 6. The lowest BCUT2D eigenvalue weighted by atomic mass is 10.0. The first-order valence-electron chi connectivity index (χ1n) is 28.1. The average Bonchev–Trinajstić information content (AvgIpc) is 4.48. The van der Waals surface area contributed by atoms with E-state index in [1.54, 1.807) is 0 Å². The van der Waals surface area contributed by atoms with Gasteiger partial charge in [0.25, 0.3) is 17.7 Å². The zero-order valence-electron chi connectivity index (χ0n) is 46.9. The van der Waals surface area contributed by atoms with Crippen molar-refractivity contribution in [1.29, 1.82) is 0 Å². The fourth-order valence-corrected chi connectivity index (χ4v) is 10.3. The van der Waals surface area contributed by atoms with Crippen molar-refractivity contribution in [2.45, 2.75) is 65.8 Å². The Kier molecular flexibility index (Phi) is 19.0. The summed E-state index contributed by atoms with van der Waals surface area (Å²) >= 11 is 0. The summed E-state index contributed by atoms with van der Waals surface area (Å²) in [4.78, 5) is 43.5. The van der Waals surface area contributed by atoms with Crippen molar-refractivity contribution in [3.63, 3.8) is 0 Å². The van der Waals surface area contributed by atoms with Gasteiger partial charge in [0, 0.05) is 97.7 Å². The number of nitrogens with one attached hydrogen (secondary N) is 2. The molecule has 3 aliphatic heterocycles. The smallest absolute Gasteiger partial charge is 0.260 e. The third kappa shape index (κ3) is 14.1.